The van der Waals surface area contributed by atoms with Gasteiger partial charge in [-0.05, 0) is 25.8 Å². The van der Waals surface area contributed by atoms with E-state index in [1.807, 2.05) is 13.0 Å². The number of nitrogens with zero attached hydrogens (tertiary/aromatic N) is 3. The van der Waals surface area contributed by atoms with Crippen LogP contribution < -0.4 is 16.2 Å². The summed E-state index contributed by atoms with van der Waals surface area (Å²) in [7, 11) is 0. The molecule has 1 aromatic heterocycles. The third-order valence-corrected chi connectivity index (χ3v) is 3.14. The molecule has 1 aliphatic heterocycles. The van der Waals surface area contributed by atoms with Gasteiger partial charge in [-0.3, -0.25) is 10.2 Å². The summed E-state index contributed by atoms with van der Waals surface area (Å²) < 4.78 is 5.08. The van der Waals surface area contributed by atoms with Crippen molar-refractivity contribution in [3.8, 4) is 0 Å². The van der Waals surface area contributed by atoms with E-state index in [9.17, 15) is 4.79 Å². The van der Waals surface area contributed by atoms with E-state index in [-0.39, 0.29) is 11.9 Å². The second-order valence-electron chi connectivity index (χ2n) is 4.42. The minimum absolute atomic E-state index is 0.0852. The molecule has 1 unspecified atom stereocenters. The van der Waals surface area contributed by atoms with Gasteiger partial charge >= 0.3 is 5.97 Å². The molecule has 2 rings (SSSR count). The number of esters is 1. The van der Waals surface area contributed by atoms with Crippen molar-refractivity contribution < 1.29 is 9.53 Å². The van der Waals surface area contributed by atoms with Crippen LogP contribution in [0.5, 0.6) is 0 Å². The van der Waals surface area contributed by atoms with Crippen LogP contribution in [-0.2, 0) is 9.53 Å². The zero-order valence-corrected chi connectivity index (χ0v) is 11.0. The van der Waals surface area contributed by atoms with Crippen molar-refractivity contribution in [3.63, 3.8) is 0 Å². The molecular formula is C12H19N5O2. The zero-order valence-electron chi connectivity index (χ0n) is 11.0. The molecular weight excluding hydrogens is 246 g/mol. The Morgan fingerprint density at radius 3 is 3.26 bits per heavy atom. The fourth-order valence-electron chi connectivity index (χ4n) is 2.23. The van der Waals surface area contributed by atoms with Gasteiger partial charge in [-0.25, -0.2) is 10.8 Å². The van der Waals surface area contributed by atoms with Crippen molar-refractivity contribution in [1.29, 1.82) is 0 Å². The summed E-state index contributed by atoms with van der Waals surface area (Å²) in [6.07, 6.45) is 3.45. The van der Waals surface area contributed by atoms with Crippen LogP contribution in [0.25, 0.3) is 0 Å². The van der Waals surface area contributed by atoms with Gasteiger partial charge < -0.3 is 9.64 Å². The van der Waals surface area contributed by atoms with Crippen molar-refractivity contribution in [2.24, 2.45) is 11.8 Å². The number of nitrogens with one attached hydrogen (secondary N) is 1. The number of hydrogen-bond acceptors (Lipinski definition) is 7. The highest BCUT2D eigenvalue weighted by molar-refractivity contribution is 5.73. The number of hydrogen-bond donors (Lipinski definition) is 2. The molecule has 1 aliphatic rings. The highest BCUT2D eigenvalue weighted by Crippen LogP contribution is 2.22. The summed E-state index contributed by atoms with van der Waals surface area (Å²) in [4.78, 5) is 22.1. The third kappa shape index (κ3) is 3.31. The molecule has 2 heterocycles. The molecule has 1 fully saturated rings. The monoisotopic (exact) mass is 265 g/mol. The zero-order chi connectivity index (χ0) is 13.7. The van der Waals surface area contributed by atoms with Gasteiger partial charge in [0, 0.05) is 19.3 Å². The number of hydrazine groups is 1. The summed E-state index contributed by atoms with van der Waals surface area (Å²) in [6.45, 7) is 3.74. The predicted molar refractivity (Wildman–Crippen MR) is 71.4 cm³/mol. The number of aromatic nitrogens is 2. The van der Waals surface area contributed by atoms with Crippen LogP contribution in [0.4, 0.5) is 11.8 Å². The Balaban J connectivity index is 2.05. The number of piperidine rings is 1. The largest absolute Gasteiger partial charge is 0.466 e. The van der Waals surface area contributed by atoms with E-state index >= 15 is 0 Å². The first-order valence-corrected chi connectivity index (χ1v) is 6.45. The van der Waals surface area contributed by atoms with Gasteiger partial charge in [-0.1, -0.05) is 0 Å². The fraction of sp³-hybridized carbons (Fsp3) is 0.583. The first-order valence-electron chi connectivity index (χ1n) is 6.45. The molecule has 0 aromatic carbocycles. The molecule has 0 bridgehead atoms. The van der Waals surface area contributed by atoms with Crippen LogP contribution in [0.2, 0.25) is 0 Å². The Labute approximate surface area is 112 Å². The van der Waals surface area contributed by atoms with Crippen LogP contribution in [0.3, 0.4) is 0 Å². The molecule has 7 nitrogen and oxygen atoms in total. The molecule has 104 valence electrons. The Morgan fingerprint density at radius 2 is 2.53 bits per heavy atom. The van der Waals surface area contributed by atoms with E-state index in [4.69, 9.17) is 10.6 Å². The highest BCUT2D eigenvalue weighted by Gasteiger charge is 2.27. The summed E-state index contributed by atoms with van der Waals surface area (Å²) in [5, 5.41) is 0. The second-order valence-corrected chi connectivity index (χ2v) is 4.42. The van der Waals surface area contributed by atoms with Gasteiger partial charge in [-0.2, -0.15) is 4.98 Å². The van der Waals surface area contributed by atoms with Gasteiger partial charge in [0.25, 0.3) is 0 Å². The number of carbonyl (C=O) groups is 1. The Morgan fingerprint density at radius 1 is 1.68 bits per heavy atom. The number of rotatable bonds is 4. The molecule has 0 radical (unpaired) electrons. The SMILES string of the molecule is CCOC(=O)C1CCCN(c2ccnc(NN)n2)C1. The molecule has 1 atom stereocenters. The maximum Gasteiger partial charge on any atom is 0.310 e. The van der Waals surface area contributed by atoms with E-state index in [1.165, 1.54) is 0 Å². The number of anilines is 2. The van der Waals surface area contributed by atoms with Crippen LogP contribution in [0.1, 0.15) is 19.8 Å². The molecule has 3 N–H and O–H groups in total. The smallest absolute Gasteiger partial charge is 0.310 e. The first-order chi connectivity index (χ1) is 9.24. The minimum Gasteiger partial charge on any atom is -0.466 e. The highest BCUT2D eigenvalue weighted by atomic mass is 16.5. The van der Waals surface area contributed by atoms with Crippen molar-refractivity contribution in [2.75, 3.05) is 30.0 Å². The van der Waals surface area contributed by atoms with E-state index in [0.717, 1.165) is 25.2 Å². The number of ether oxygens (including phenoxy) is 1. The lowest BCUT2D eigenvalue weighted by Gasteiger charge is -2.32. The molecule has 0 aliphatic carbocycles. The lowest BCUT2D eigenvalue weighted by Crippen LogP contribution is -2.40. The maximum absolute atomic E-state index is 11.8. The van der Waals surface area contributed by atoms with Gasteiger partial charge in [0.1, 0.15) is 5.82 Å². The predicted octanol–water partition coefficient (Wildman–Crippen LogP) is 0.542. The Bertz CT molecular complexity index is 440. The van der Waals surface area contributed by atoms with E-state index in [0.29, 0.717) is 19.1 Å². The summed E-state index contributed by atoms with van der Waals surface area (Å²) in [6, 6.07) is 1.81. The lowest BCUT2D eigenvalue weighted by molar-refractivity contribution is -0.148. The number of carbonyl (C=O) groups excluding carboxylic acids is 1. The van der Waals surface area contributed by atoms with Gasteiger partial charge in [0.15, 0.2) is 0 Å². The molecule has 0 amide bonds. The quantitative estimate of drug-likeness (QED) is 0.466. The summed E-state index contributed by atoms with van der Waals surface area (Å²) in [5.74, 6) is 6.23. The normalized spacial score (nSPS) is 19.1. The van der Waals surface area contributed by atoms with Gasteiger partial charge in [0.05, 0.1) is 12.5 Å². The molecule has 19 heavy (non-hydrogen) atoms. The minimum atomic E-state index is -0.126. The van der Waals surface area contributed by atoms with Crippen LogP contribution in [-0.4, -0.2) is 35.6 Å². The van der Waals surface area contributed by atoms with E-state index < -0.39 is 0 Å². The summed E-state index contributed by atoms with van der Waals surface area (Å²) >= 11 is 0. The Hall–Kier alpha value is -1.89. The Kier molecular flexibility index (Phi) is 4.51. The third-order valence-electron chi connectivity index (χ3n) is 3.14. The van der Waals surface area contributed by atoms with Crippen molar-refractivity contribution >= 4 is 17.7 Å². The molecule has 1 aromatic rings. The lowest BCUT2D eigenvalue weighted by atomic mass is 9.98. The molecule has 0 spiro atoms. The van der Waals surface area contributed by atoms with Gasteiger partial charge in [0.2, 0.25) is 5.95 Å². The van der Waals surface area contributed by atoms with Crippen molar-refractivity contribution in [2.45, 2.75) is 19.8 Å². The second kappa shape index (κ2) is 6.33. The number of nitrogens with two attached hydrogens (primary N) is 1. The fourth-order valence-corrected chi connectivity index (χ4v) is 2.23. The van der Waals surface area contributed by atoms with E-state index in [2.05, 4.69) is 20.3 Å². The topological polar surface area (TPSA) is 93.4 Å². The molecule has 1 saturated heterocycles. The number of nitrogen functional groups attached to an aromatic ring is 1. The first kappa shape index (κ1) is 13.5. The van der Waals surface area contributed by atoms with Crippen molar-refractivity contribution in [3.05, 3.63) is 12.3 Å². The van der Waals surface area contributed by atoms with Gasteiger partial charge in [-0.15, -0.1) is 0 Å². The van der Waals surface area contributed by atoms with E-state index in [1.54, 1.807) is 6.20 Å². The average Bonchev–Trinajstić information content (AvgIpc) is 2.48. The standard InChI is InChI=1S/C12H19N5O2/c1-2-19-11(18)9-4-3-7-17(8-9)10-5-6-14-12(15-10)16-13/h5-6,9H,2-4,7-8,13H2,1H3,(H,14,15,16). The maximum atomic E-state index is 11.8. The molecule has 7 heteroatoms. The van der Waals surface area contributed by atoms with Crippen LogP contribution in [0, 0.1) is 5.92 Å². The summed E-state index contributed by atoms with van der Waals surface area (Å²) in [5.41, 5.74) is 2.42. The van der Waals surface area contributed by atoms with Crippen molar-refractivity contribution in [1.82, 2.24) is 9.97 Å². The van der Waals surface area contributed by atoms with Crippen LogP contribution >= 0.6 is 0 Å². The van der Waals surface area contributed by atoms with Crippen LogP contribution in [0.15, 0.2) is 12.3 Å². The molecule has 0 saturated carbocycles. The average molecular weight is 265 g/mol.